The number of alkyl halides is 3. The van der Waals surface area contributed by atoms with Gasteiger partial charge in [-0.15, -0.1) is 0 Å². The van der Waals surface area contributed by atoms with Crippen molar-refractivity contribution in [2.75, 3.05) is 0 Å². The number of nitrogens with two attached hydrogens (primary N) is 1. The van der Waals surface area contributed by atoms with E-state index in [2.05, 4.69) is 0 Å². The lowest BCUT2D eigenvalue weighted by atomic mass is 9.95. The molecule has 20 heavy (non-hydrogen) atoms. The van der Waals surface area contributed by atoms with Gasteiger partial charge in [0.15, 0.2) is 0 Å². The molecule has 0 bridgehead atoms. The Balaban J connectivity index is 2.55. The van der Waals surface area contributed by atoms with Crippen LogP contribution in [0, 0.1) is 0 Å². The molecule has 2 rings (SSSR count). The molecule has 0 amide bonds. The number of hydrogen-bond acceptors (Lipinski definition) is 1. The summed E-state index contributed by atoms with van der Waals surface area (Å²) in [7, 11) is 0. The summed E-state index contributed by atoms with van der Waals surface area (Å²) < 4.78 is 39.0. The Hall–Kier alpha value is -1.23. The van der Waals surface area contributed by atoms with Crippen LogP contribution in [0.1, 0.15) is 22.7 Å². The quantitative estimate of drug-likeness (QED) is 0.822. The third kappa shape index (κ3) is 2.92. The van der Waals surface area contributed by atoms with Crippen molar-refractivity contribution in [3.63, 3.8) is 0 Å². The molecular weight excluding hydrogens is 310 g/mol. The van der Waals surface area contributed by atoms with Crippen LogP contribution in [0.2, 0.25) is 10.0 Å². The summed E-state index contributed by atoms with van der Waals surface area (Å²) in [5.41, 5.74) is 5.49. The average molecular weight is 320 g/mol. The Kier molecular flexibility index (Phi) is 4.28. The van der Waals surface area contributed by atoms with Gasteiger partial charge in [-0.05, 0) is 23.3 Å². The van der Waals surface area contributed by atoms with Gasteiger partial charge < -0.3 is 5.73 Å². The van der Waals surface area contributed by atoms with Crippen LogP contribution in [0.3, 0.4) is 0 Å². The van der Waals surface area contributed by atoms with Crippen molar-refractivity contribution < 1.29 is 13.2 Å². The fraction of sp³-hybridized carbons (Fsp3) is 0.143. The van der Waals surface area contributed by atoms with Crippen molar-refractivity contribution in [3.8, 4) is 0 Å². The molecule has 0 saturated heterocycles. The molecule has 1 unspecified atom stereocenters. The van der Waals surface area contributed by atoms with E-state index in [4.69, 9.17) is 28.9 Å². The van der Waals surface area contributed by atoms with E-state index < -0.39 is 17.8 Å². The molecule has 6 heteroatoms. The van der Waals surface area contributed by atoms with Crippen LogP contribution in [-0.2, 0) is 6.18 Å². The normalized spacial score (nSPS) is 13.3. The Morgan fingerprint density at radius 2 is 1.50 bits per heavy atom. The summed E-state index contributed by atoms with van der Waals surface area (Å²) in [6, 6.07) is 8.86. The highest BCUT2D eigenvalue weighted by Gasteiger charge is 2.34. The second kappa shape index (κ2) is 5.64. The standard InChI is InChI=1S/C14H10Cl2F3N/c15-11-7-3-5-9(12(11)16)13(20)8-4-1-2-6-10(8)14(17,18)19/h1-7,13H,20H2. The zero-order valence-electron chi connectivity index (χ0n) is 10.1. The van der Waals surface area contributed by atoms with Gasteiger partial charge in [0, 0.05) is 0 Å². The first-order chi connectivity index (χ1) is 9.32. The highest BCUT2D eigenvalue weighted by molar-refractivity contribution is 6.42. The SMILES string of the molecule is NC(c1ccccc1C(F)(F)F)c1cccc(Cl)c1Cl. The highest BCUT2D eigenvalue weighted by atomic mass is 35.5. The van der Waals surface area contributed by atoms with Crippen molar-refractivity contribution in [1.29, 1.82) is 0 Å². The first-order valence-corrected chi connectivity index (χ1v) is 6.43. The van der Waals surface area contributed by atoms with Crippen LogP contribution < -0.4 is 5.73 Å². The van der Waals surface area contributed by atoms with Gasteiger partial charge in [-0.3, -0.25) is 0 Å². The number of benzene rings is 2. The van der Waals surface area contributed by atoms with Crippen LogP contribution >= 0.6 is 23.2 Å². The molecule has 0 aliphatic carbocycles. The van der Waals surface area contributed by atoms with E-state index in [1.54, 1.807) is 18.2 Å². The maximum atomic E-state index is 13.0. The monoisotopic (exact) mass is 319 g/mol. The maximum absolute atomic E-state index is 13.0. The summed E-state index contributed by atoms with van der Waals surface area (Å²) in [6.45, 7) is 0. The molecule has 0 radical (unpaired) electrons. The van der Waals surface area contributed by atoms with Crippen LogP contribution in [0.15, 0.2) is 42.5 Å². The van der Waals surface area contributed by atoms with Gasteiger partial charge in [0.1, 0.15) is 0 Å². The fourth-order valence-electron chi connectivity index (χ4n) is 1.95. The molecule has 1 nitrogen and oxygen atoms in total. The van der Waals surface area contributed by atoms with E-state index in [0.717, 1.165) is 6.07 Å². The molecule has 106 valence electrons. The smallest absolute Gasteiger partial charge is 0.320 e. The van der Waals surface area contributed by atoms with E-state index in [-0.39, 0.29) is 15.6 Å². The summed E-state index contributed by atoms with van der Waals surface area (Å²) >= 11 is 11.9. The molecule has 0 spiro atoms. The molecule has 0 saturated carbocycles. The first kappa shape index (κ1) is 15.2. The molecule has 0 fully saturated rings. The molecule has 0 aliphatic rings. The second-order valence-corrected chi connectivity index (χ2v) is 4.99. The third-order valence-electron chi connectivity index (χ3n) is 2.92. The Bertz CT molecular complexity index is 626. The predicted octanol–water partition coefficient (Wildman–Crippen LogP) is 5.06. The van der Waals surface area contributed by atoms with Crippen LogP contribution in [0.5, 0.6) is 0 Å². The number of rotatable bonds is 2. The van der Waals surface area contributed by atoms with Gasteiger partial charge in [0.25, 0.3) is 0 Å². The van der Waals surface area contributed by atoms with Gasteiger partial charge in [0.05, 0.1) is 21.7 Å². The Morgan fingerprint density at radius 1 is 0.900 bits per heavy atom. The topological polar surface area (TPSA) is 26.0 Å². The molecular formula is C14H10Cl2F3N. The van der Waals surface area contributed by atoms with Crippen LogP contribution in [0.4, 0.5) is 13.2 Å². The summed E-state index contributed by atoms with van der Waals surface area (Å²) in [4.78, 5) is 0. The minimum atomic E-state index is -4.47. The van der Waals surface area contributed by atoms with Gasteiger partial charge in [-0.25, -0.2) is 0 Å². The average Bonchev–Trinajstić information content (AvgIpc) is 2.40. The zero-order valence-corrected chi connectivity index (χ0v) is 11.6. The maximum Gasteiger partial charge on any atom is 0.416 e. The molecule has 0 heterocycles. The lowest BCUT2D eigenvalue weighted by Gasteiger charge is -2.19. The zero-order chi connectivity index (χ0) is 14.9. The van der Waals surface area contributed by atoms with E-state index in [9.17, 15) is 13.2 Å². The number of halogens is 5. The van der Waals surface area contributed by atoms with Crippen molar-refractivity contribution in [2.45, 2.75) is 12.2 Å². The molecule has 0 aliphatic heterocycles. The van der Waals surface area contributed by atoms with E-state index in [1.165, 1.54) is 18.2 Å². The van der Waals surface area contributed by atoms with Crippen molar-refractivity contribution >= 4 is 23.2 Å². The van der Waals surface area contributed by atoms with E-state index in [1.807, 2.05) is 0 Å². The third-order valence-corrected chi connectivity index (χ3v) is 3.75. The highest BCUT2D eigenvalue weighted by Crippen LogP contribution is 2.38. The summed E-state index contributed by atoms with van der Waals surface area (Å²) in [5, 5.41) is 0.419. The van der Waals surface area contributed by atoms with Crippen molar-refractivity contribution in [3.05, 3.63) is 69.2 Å². The minimum Gasteiger partial charge on any atom is -0.320 e. The minimum absolute atomic E-state index is 0.0378. The lowest BCUT2D eigenvalue weighted by molar-refractivity contribution is -0.138. The molecule has 2 N–H and O–H groups in total. The molecule has 2 aromatic carbocycles. The fourth-order valence-corrected chi connectivity index (χ4v) is 2.38. The van der Waals surface area contributed by atoms with Gasteiger partial charge >= 0.3 is 6.18 Å². The predicted molar refractivity (Wildman–Crippen MR) is 73.9 cm³/mol. The first-order valence-electron chi connectivity index (χ1n) is 5.68. The summed E-state index contributed by atoms with van der Waals surface area (Å²) in [6.07, 6.45) is -4.47. The van der Waals surface area contributed by atoms with Crippen molar-refractivity contribution in [2.24, 2.45) is 5.73 Å². The van der Waals surface area contributed by atoms with Crippen LogP contribution in [0.25, 0.3) is 0 Å². The van der Waals surface area contributed by atoms with Gasteiger partial charge in [-0.2, -0.15) is 13.2 Å². The summed E-state index contributed by atoms with van der Waals surface area (Å²) in [5.74, 6) is 0. The molecule has 2 aromatic rings. The van der Waals surface area contributed by atoms with E-state index >= 15 is 0 Å². The van der Waals surface area contributed by atoms with Gasteiger partial charge in [0.2, 0.25) is 0 Å². The molecule has 1 atom stereocenters. The Morgan fingerprint density at radius 3 is 2.15 bits per heavy atom. The lowest BCUT2D eigenvalue weighted by Crippen LogP contribution is -2.18. The van der Waals surface area contributed by atoms with Gasteiger partial charge in [-0.1, -0.05) is 53.5 Å². The van der Waals surface area contributed by atoms with Crippen LogP contribution in [-0.4, -0.2) is 0 Å². The number of hydrogen-bond donors (Lipinski definition) is 1. The van der Waals surface area contributed by atoms with Crippen molar-refractivity contribution in [1.82, 2.24) is 0 Å². The van der Waals surface area contributed by atoms with E-state index in [0.29, 0.717) is 5.56 Å². The second-order valence-electron chi connectivity index (χ2n) is 4.21. The molecule has 0 aromatic heterocycles. The largest absolute Gasteiger partial charge is 0.416 e. The Labute approximate surface area is 124 Å².